The molecule has 2 heterocycles. The largest absolute Gasteiger partial charge is 0.437 e. The average molecular weight is 230 g/mol. The molecule has 0 amide bonds. The number of hydrogen-bond donors (Lipinski definition) is 1. The summed E-state index contributed by atoms with van der Waals surface area (Å²) in [5.41, 5.74) is 0.819. The van der Waals surface area contributed by atoms with Crippen LogP contribution >= 0.6 is 12.2 Å². The van der Waals surface area contributed by atoms with Crippen LogP contribution in [0.2, 0.25) is 0 Å². The molecule has 16 heavy (non-hydrogen) atoms. The molecule has 1 aromatic carbocycles. The van der Waals surface area contributed by atoms with E-state index < -0.39 is 0 Å². The Balaban J connectivity index is 2.57. The zero-order valence-corrected chi connectivity index (χ0v) is 8.88. The van der Waals surface area contributed by atoms with Crippen molar-refractivity contribution in [3.05, 3.63) is 45.5 Å². The molecule has 1 N–H and O–H groups in total. The lowest BCUT2D eigenvalue weighted by atomic mass is 10.2. The van der Waals surface area contributed by atoms with Gasteiger partial charge in [-0.2, -0.15) is 4.98 Å². The molecule has 0 saturated carbocycles. The van der Waals surface area contributed by atoms with E-state index in [1.54, 1.807) is 6.07 Å². The van der Waals surface area contributed by atoms with E-state index in [4.69, 9.17) is 16.6 Å². The number of aromatic amines is 1. The molecule has 0 fully saturated rings. The highest BCUT2D eigenvalue weighted by atomic mass is 32.1. The first-order valence-electron chi connectivity index (χ1n) is 4.67. The molecular weight excluding hydrogens is 224 g/mol. The first kappa shape index (κ1) is 9.23. The second-order valence-corrected chi connectivity index (χ2v) is 3.76. The van der Waals surface area contributed by atoms with Crippen LogP contribution < -0.4 is 5.56 Å². The van der Waals surface area contributed by atoms with E-state index in [1.807, 2.05) is 24.3 Å². The van der Waals surface area contributed by atoms with Gasteiger partial charge in [0.2, 0.25) is 10.7 Å². The molecule has 2 aliphatic heterocycles. The van der Waals surface area contributed by atoms with E-state index in [1.165, 1.54) is 0 Å². The topological polar surface area (TPSA) is 58.9 Å². The number of nitrogens with zero attached hydrogens (tertiary/aromatic N) is 1. The summed E-state index contributed by atoms with van der Waals surface area (Å²) in [7, 11) is 0. The van der Waals surface area contributed by atoms with Crippen molar-refractivity contribution in [3.63, 3.8) is 0 Å². The van der Waals surface area contributed by atoms with Crippen molar-refractivity contribution in [1.82, 2.24) is 9.97 Å². The molecule has 0 radical (unpaired) electrons. The first-order valence-corrected chi connectivity index (χ1v) is 5.08. The van der Waals surface area contributed by atoms with Gasteiger partial charge in [-0.1, -0.05) is 18.2 Å². The molecule has 0 spiro atoms. The summed E-state index contributed by atoms with van der Waals surface area (Å²) in [5, 5.41) is 0.861. The average Bonchev–Trinajstić information content (AvgIpc) is 2.27. The first-order chi connectivity index (χ1) is 7.74. The standard InChI is InChI=1S/C11H6N2O2S/c14-9-7-5-6-3-1-2-4-8(6)15-10(7)13-11(16)12-9/h1-5H,(H,12,14,16). The number of nitrogens with one attached hydrogen (secondary N) is 1. The van der Waals surface area contributed by atoms with Gasteiger partial charge in [0.05, 0.1) is 0 Å². The molecule has 0 saturated heterocycles. The van der Waals surface area contributed by atoms with E-state index in [9.17, 15) is 4.79 Å². The number of aromatic nitrogens is 2. The van der Waals surface area contributed by atoms with Crippen molar-refractivity contribution in [1.29, 1.82) is 0 Å². The minimum absolute atomic E-state index is 0.136. The van der Waals surface area contributed by atoms with E-state index in [0.29, 0.717) is 11.1 Å². The summed E-state index contributed by atoms with van der Waals surface area (Å²) in [5.74, 6) is 0.271. The maximum Gasteiger partial charge on any atom is 0.262 e. The van der Waals surface area contributed by atoms with Crippen molar-refractivity contribution >= 4 is 23.2 Å². The fraction of sp³-hybridized carbons (Fsp3) is 0. The van der Waals surface area contributed by atoms with Gasteiger partial charge < -0.3 is 4.42 Å². The van der Waals surface area contributed by atoms with Gasteiger partial charge in [-0.15, -0.1) is 0 Å². The fourth-order valence-electron chi connectivity index (χ4n) is 1.60. The molecule has 0 aromatic heterocycles. The summed E-state index contributed by atoms with van der Waals surface area (Å²) in [6, 6.07) is 9.18. The van der Waals surface area contributed by atoms with E-state index in [-0.39, 0.29) is 16.2 Å². The Morgan fingerprint density at radius 3 is 3.00 bits per heavy atom. The van der Waals surface area contributed by atoms with Gasteiger partial charge in [0.1, 0.15) is 11.1 Å². The second kappa shape index (κ2) is 3.24. The van der Waals surface area contributed by atoms with Crippen LogP contribution in [-0.2, 0) is 0 Å². The van der Waals surface area contributed by atoms with Gasteiger partial charge in [-0.05, 0) is 24.4 Å². The highest BCUT2D eigenvalue weighted by Crippen LogP contribution is 2.22. The molecule has 1 aromatic rings. The predicted octanol–water partition coefficient (Wildman–Crippen LogP) is 2.35. The lowest BCUT2D eigenvalue weighted by Gasteiger charge is -2.03. The molecule has 4 nitrogen and oxygen atoms in total. The van der Waals surface area contributed by atoms with Crippen LogP contribution in [-0.4, -0.2) is 9.97 Å². The molecule has 0 aliphatic carbocycles. The number of H-pyrrole nitrogens is 1. The zero-order chi connectivity index (χ0) is 11.1. The van der Waals surface area contributed by atoms with Crippen LogP contribution in [0.4, 0.5) is 0 Å². The third-order valence-corrected chi connectivity index (χ3v) is 2.52. The number of hydrogen-bond acceptors (Lipinski definition) is 4. The summed E-state index contributed by atoms with van der Waals surface area (Å²) in [6.07, 6.45) is 0. The minimum atomic E-state index is -0.274. The lowest BCUT2D eigenvalue weighted by molar-refractivity contribution is 0.594. The third-order valence-electron chi connectivity index (χ3n) is 2.32. The Bertz CT molecular complexity index is 760. The van der Waals surface area contributed by atoms with Crippen LogP contribution in [0, 0.1) is 4.77 Å². The Kier molecular flexibility index (Phi) is 1.87. The minimum Gasteiger partial charge on any atom is -0.437 e. The molecule has 0 atom stereocenters. The van der Waals surface area contributed by atoms with E-state index in [0.717, 1.165) is 5.39 Å². The van der Waals surface area contributed by atoms with Gasteiger partial charge >= 0.3 is 0 Å². The Morgan fingerprint density at radius 1 is 1.31 bits per heavy atom. The summed E-state index contributed by atoms with van der Waals surface area (Å²) >= 11 is 4.82. The maximum atomic E-state index is 11.6. The summed E-state index contributed by atoms with van der Waals surface area (Å²) in [6.45, 7) is 0. The van der Waals surface area contributed by atoms with Gasteiger partial charge in [0, 0.05) is 5.39 Å². The normalized spacial score (nSPS) is 11.0. The van der Waals surface area contributed by atoms with E-state index >= 15 is 0 Å². The second-order valence-electron chi connectivity index (χ2n) is 3.37. The smallest absolute Gasteiger partial charge is 0.262 e. The summed E-state index contributed by atoms with van der Waals surface area (Å²) in [4.78, 5) is 18.1. The molecule has 2 aliphatic rings. The highest BCUT2D eigenvalue weighted by Gasteiger charge is 2.12. The van der Waals surface area contributed by atoms with Crippen LogP contribution in [0.5, 0.6) is 0 Å². The Morgan fingerprint density at radius 2 is 2.12 bits per heavy atom. The van der Waals surface area contributed by atoms with Crippen LogP contribution in [0.25, 0.3) is 22.4 Å². The van der Waals surface area contributed by atoms with Crippen molar-refractivity contribution in [2.75, 3.05) is 0 Å². The third kappa shape index (κ3) is 1.33. The molecule has 78 valence electrons. The quantitative estimate of drug-likeness (QED) is 0.475. The molecular formula is C11H6N2O2S. The molecule has 0 bridgehead atoms. The van der Waals surface area contributed by atoms with Crippen LogP contribution in [0.1, 0.15) is 0 Å². The maximum absolute atomic E-state index is 11.6. The highest BCUT2D eigenvalue weighted by molar-refractivity contribution is 7.71. The lowest BCUT2D eigenvalue weighted by Crippen LogP contribution is -2.11. The van der Waals surface area contributed by atoms with Crippen molar-refractivity contribution in [3.8, 4) is 11.5 Å². The number of rotatable bonds is 0. The van der Waals surface area contributed by atoms with Gasteiger partial charge in [-0.3, -0.25) is 9.78 Å². The monoisotopic (exact) mass is 230 g/mol. The molecule has 3 rings (SSSR count). The summed E-state index contributed by atoms with van der Waals surface area (Å²) < 4.78 is 5.65. The molecule has 5 heteroatoms. The number of fused-ring (bicyclic) bond motifs is 2. The Hall–Kier alpha value is -2.01. The van der Waals surface area contributed by atoms with Crippen LogP contribution in [0.3, 0.4) is 0 Å². The SMILES string of the molecule is O=c1[nH]c(=S)nc2oc3ccccc3cc1-2. The van der Waals surface area contributed by atoms with Crippen molar-refractivity contribution in [2.24, 2.45) is 0 Å². The number of para-hydroxylation sites is 1. The van der Waals surface area contributed by atoms with Gasteiger partial charge in [-0.25, -0.2) is 0 Å². The fourth-order valence-corrected chi connectivity index (χ4v) is 1.78. The zero-order valence-electron chi connectivity index (χ0n) is 8.06. The Labute approximate surface area is 94.9 Å². The number of benzene rings is 1. The van der Waals surface area contributed by atoms with E-state index in [2.05, 4.69) is 9.97 Å². The van der Waals surface area contributed by atoms with Crippen molar-refractivity contribution < 1.29 is 4.42 Å². The van der Waals surface area contributed by atoms with Crippen LogP contribution in [0.15, 0.2) is 39.5 Å². The van der Waals surface area contributed by atoms with Crippen molar-refractivity contribution in [2.45, 2.75) is 0 Å². The van der Waals surface area contributed by atoms with Gasteiger partial charge in [0.15, 0.2) is 0 Å². The van der Waals surface area contributed by atoms with Gasteiger partial charge in [0.25, 0.3) is 5.56 Å². The molecule has 0 unspecified atom stereocenters. The predicted molar refractivity (Wildman–Crippen MR) is 62.1 cm³/mol.